The molecule has 0 aromatic heterocycles. The zero-order valence-corrected chi connectivity index (χ0v) is 16.9. The van der Waals surface area contributed by atoms with Crippen LogP contribution in [0.4, 0.5) is 0 Å². The fourth-order valence-corrected chi connectivity index (χ4v) is 4.09. The van der Waals surface area contributed by atoms with E-state index in [0.717, 1.165) is 13.1 Å². The van der Waals surface area contributed by atoms with Gasteiger partial charge in [0.1, 0.15) is 0 Å². The van der Waals surface area contributed by atoms with Crippen LogP contribution >= 0.6 is 0 Å². The molecule has 0 radical (unpaired) electrons. The molecule has 0 saturated carbocycles. The molecule has 4 amide bonds. The largest absolute Gasteiger partial charge is 0.337 e. The number of hydrogen-bond acceptors (Lipinski definition) is 4. The average molecular weight is 406 g/mol. The standard InChI is InChI=1S/C23H23N3O4/c1-24(12-6-14-25-20(27)16-8-2-3-9-17(16)21(25)28)13-7-15-26-22(29)18-10-4-5-11-19(18)23(26)30/h2-5,8-11H,6-7,12-15H2,1H3/p+1. The maximum atomic E-state index is 12.4. The van der Waals surface area contributed by atoms with E-state index in [4.69, 9.17) is 0 Å². The van der Waals surface area contributed by atoms with Gasteiger partial charge in [0.2, 0.25) is 0 Å². The van der Waals surface area contributed by atoms with Crippen LogP contribution in [0.2, 0.25) is 0 Å². The number of quaternary nitrogens is 1. The number of fused-ring (bicyclic) bond motifs is 2. The van der Waals surface area contributed by atoms with Crippen LogP contribution in [0.1, 0.15) is 54.3 Å². The SMILES string of the molecule is C[NH+](CCCN1C(=O)c2ccccc2C1=O)CCCN1C(=O)c2ccccc2C1=O. The van der Waals surface area contributed by atoms with Gasteiger partial charge in [-0.15, -0.1) is 0 Å². The van der Waals surface area contributed by atoms with Crippen molar-refractivity contribution in [3.05, 3.63) is 70.8 Å². The van der Waals surface area contributed by atoms with Gasteiger partial charge in [-0.2, -0.15) is 0 Å². The topological polar surface area (TPSA) is 79.2 Å². The Morgan fingerprint density at radius 2 is 0.900 bits per heavy atom. The fourth-order valence-electron chi connectivity index (χ4n) is 4.09. The number of nitrogens with zero attached hydrogens (tertiary/aromatic N) is 2. The Morgan fingerprint density at radius 3 is 1.20 bits per heavy atom. The highest BCUT2D eigenvalue weighted by Gasteiger charge is 2.35. The van der Waals surface area contributed by atoms with Gasteiger partial charge in [-0.1, -0.05) is 24.3 Å². The zero-order chi connectivity index (χ0) is 21.3. The molecule has 2 heterocycles. The molecule has 2 aliphatic rings. The van der Waals surface area contributed by atoms with Crippen LogP contribution in [0.3, 0.4) is 0 Å². The van der Waals surface area contributed by atoms with Crippen molar-refractivity contribution in [3.63, 3.8) is 0 Å². The Kier molecular flexibility index (Phi) is 5.46. The van der Waals surface area contributed by atoms with Gasteiger partial charge in [-0.05, 0) is 24.3 Å². The minimum atomic E-state index is -0.223. The maximum Gasteiger partial charge on any atom is 0.261 e. The van der Waals surface area contributed by atoms with Gasteiger partial charge in [0.15, 0.2) is 0 Å². The monoisotopic (exact) mass is 406 g/mol. The molecule has 0 fully saturated rings. The Labute approximate surface area is 174 Å². The minimum Gasteiger partial charge on any atom is -0.337 e. The van der Waals surface area contributed by atoms with Crippen LogP contribution in [-0.2, 0) is 0 Å². The Hall–Kier alpha value is -3.32. The summed E-state index contributed by atoms with van der Waals surface area (Å²) in [5, 5.41) is 0. The van der Waals surface area contributed by atoms with E-state index in [1.54, 1.807) is 48.5 Å². The molecule has 0 saturated heterocycles. The number of hydrogen-bond donors (Lipinski definition) is 1. The second kappa shape index (κ2) is 8.20. The third-order valence-electron chi connectivity index (χ3n) is 5.73. The first kappa shape index (κ1) is 20.0. The van der Waals surface area contributed by atoms with Gasteiger partial charge in [-0.25, -0.2) is 0 Å². The van der Waals surface area contributed by atoms with Crippen molar-refractivity contribution in [1.82, 2.24) is 9.80 Å². The van der Waals surface area contributed by atoms with Crippen molar-refractivity contribution < 1.29 is 24.1 Å². The third kappa shape index (κ3) is 3.52. The lowest BCUT2D eigenvalue weighted by atomic mass is 10.1. The van der Waals surface area contributed by atoms with E-state index in [-0.39, 0.29) is 23.6 Å². The van der Waals surface area contributed by atoms with Gasteiger partial charge < -0.3 is 4.90 Å². The highest BCUT2D eigenvalue weighted by molar-refractivity contribution is 6.22. The van der Waals surface area contributed by atoms with Crippen molar-refractivity contribution in [2.24, 2.45) is 0 Å². The van der Waals surface area contributed by atoms with Crippen molar-refractivity contribution in [2.45, 2.75) is 12.8 Å². The van der Waals surface area contributed by atoms with E-state index in [1.165, 1.54) is 14.7 Å². The van der Waals surface area contributed by atoms with E-state index in [2.05, 4.69) is 0 Å². The highest BCUT2D eigenvalue weighted by Crippen LogP contribution is 2.23. The summed E-state index contributed by atoms with van der Waals surface area (Å²) in [4.78, 5) is 53.4. The van der Waals surface area contributed by atoms with Crippen molar-refractivity contribution >= 4 is 23.6 Å². The number of carbonyl (C=O) groups excluding carboxylic acids is 4. The van der Waals surface area contributed by atoms with E-state index in [0.29, 0.717) is 48.2 Å². The van der Waals surface area contributed by atoms with Gasteiger partial charge in [-0.3, -0.25) is 29.0 Å². The molecule has 0 spiro atoms. The number of benzene rings is 2. The molecule has 7 nitrogen and oxygen atoms in total. The molecular weight excluding hydrogens is 382 g/mol. The molecular formula is C23H24N3O4+. The summed E-state index contributed by atoms with van der Waals surface area (Å²) in [6.45, 7) is 2.36. The Bertz CT molecular complexity index is 881. The summed E-state index contributed by atoms with van der Waals surface area (Å²) in [5.74, 6) is -0.893. The molecule has 0 unspecified atom stereocenters. The van der Waals surface area contributed by atoms with Gasteiger partial charge in [0.25, 0.3) is 23.6 Å². The lowest BCUT2D eigenvalue weighted by molar-refractivity contribution is -0.879. The Morgan fingerprint density at radius 1 is 0.600 bits per heavy atom. The lowest BCUT2D eigenvalue weighted by Gasteiger charge is -2.18. The number of rotatable bonds is 8. The molecule has 2 aromatic carbocycles. The maximum absolute atomic E-state index is 12.4. The summed E-state index contributed by atoms with van der Waals surface area (Å²) in [7, 11) is 2.03. The number of nitrogens with one attached hydrogen (secondary N) is 1. The summed E-state index contributed by atoms with van der Waals surface area (Å²) in [6.07, 6.45) is 1.40. The molecule has 154 valence electrons. The summed E-state index contributed by atoms with van der Waals surface area (Å²) >= 11 is 0. The van der Waals surface area contributed by atoms with Crippen LogP contribution in [0.25, 0.3) is 0 Å². The van der Waals surface area contributed by atoms with E-state index in [1.807, 2.05) is 7.05 Å². The van der Waals surface area contributed by atoms with Crippen LogP contribution in [0.5, 0.6) is 0 Å². The summed E-state index contributed by atoms with van der Waals surface area (Å²) < 4.78 is 0. The van der Waals surface area contributed by atoms with Gasteiger partial charge >= 0.3 is 0 Å². The summed E-state index contributed by atoms with van der Waals surface area (Å²) in [5.41, 5.74) is 1.90. The fraction of sp³-hybridized carbons (Fsp3) is 0.304. The van der Waals surface area contributed by atoms with Crippen LogP contribution < -0.4 is 4.90 Å². The van der Waals surface area contributed by atoms with E-state index >= 15 is 0 Å². The first-order chi connectivity index (χ1) is 14.5. The number of imide groups is 2. The second-order valence-corrected chi connectivity index (χ2v) is 7.78. The normalized spacial score (nSPS) is 15.4. The number of amides is 4. The molecule has 0 aliphatic carbocycles. The molecule has 2 aliphatic heterocycles. The van der Waals surface area contributed by atoms with Gasteiger partial charge in [0.05, 0.1) is 42.4 Å². The highest BCUT2D eigenvalue weighted by atomic mass is 16.2. The molecule has 4 rings (SSSR count). The number of carbonyl (C=O) groups is 4. The molecule has 2 aromatic rings. The predicted octanol–water partition coefficient (Wildman–Crippen LogP) is 0.874. The Balaban J connectivity index is 1.21. The van der Waals surface area contributed by atoms with Gasteiger partial charge in [0, 0.05) is 25.9 Å². The summed E-state index contributed by atoms with van der Waals surface area (Å²) in [6, 6.07) is 13.8. The van der Waals surface area contributed by atoms with E-state index < -0.39 is 0 Å². The molecule has 0 bridgehead atoms. The first-order valence-corrected chi connectivity index (χ1v) is 10.2. The minimum absolute atomic E-state index is 0.223. The van der Waals surface area contributed by atoms with Crippen molar-refractivity contribution in [3.8, 4) is 0 Å². The van der Waals surface area contributed by atoms with Crippen LogP contribution in [-0.4, -0.2) is 66.7 Å². The first-order valence-electron chi connectivity index (χ1n) is 10.2. The molecule has 1 N–H and O–H groups in total. The van der Waals surface area contributed by atoms with Crippen molar-refractivity contribution in [1.29, 1.82) is 0 Å². The smallest absolute Gasteiger partial charge is 0.261 e. The molecule has 0 atom stereocenters. The van der Waals surface area contributed by atoms with E-state index in [9.17, 15) is 19.2 Å². The van der Waals surface area contributed by atoms with Crippen LogP contribution in [0, 0.1) is 0 Å². The average Bonchev–Trinajstić information content (AvgIpc) is 3.15. The lowest BCUT2D eigenvalue weighted by Crippen LogP contribution is -3.09. The van der Waals surface area contributed by atoms with Crippen LogP contribution in [0.15, 0.2) is 48.5 Å². The molecule has 7 heteroatoms. The quantitative estimate of drug-likeness (QED) is 0.660. The van der Waals surface area contributed by atoms with Crippen molar-refractivity contribution in [2.75, 3.05) is 33.2 Å². The predicted molar refractivity (Wildman–Crippen MR) is 109 cm³/mol. The zero-order valence-electron chi connectivity index (χ0n) is 16.9. The molecule has 30 heavy (non-hydrogen) atoms. The second-order valence-electron chi connectivity index (χ2n) is 7.78. The third-order valence-corrected chi connectivity index (χ3v) is 5.73.